The monoisotopic (exact) mass is 286 g/mol. The Kier molecular flexibility index (Phi) is 6.19. The van der Waals surface area contributed by atoms with Gasteiger partial charge >= 0.3 is 0 Å². The van der Waals surface area contributed by atoms with E-state index in [0.717, 1.165) is 30.8 Å². The number of hydrogen-bond donors (Lipinski definition) is 1. The molecule has 0 fully saturated rings. The minimum absolute atomic E-state index is 0.158. The Hall–Kier alpha value is -1.91. The lowest BCUT2D eigenvalue weighted by atomic mass is 10.1. The molecule has 0 saturated heterocycles. The van der Waals surface area contributed by atoms with Crippen LogP contribution in [0.2, 0.25) is 0 Å². The third kappa shape index (κ3) is 4.85. The fraction of sp³-hybridized carbons (Fsp3) is 0.353. The van der Waals surface area contributed by atoms with E-state index in [0.29, 0.717) is 6.54 Å². The van der Waals surface area contributed by atoms with Gasteiger partial charge in [-0.05, 0) is 30.2 Å². The second-order valence-electron chi connectivity index (χ2n) is 4.92. The fourth-order valence-electron chi connectivity index (χ4n) is 2.32. The molecule has 2 rings (SSSR count). The highest BCUT2D eigenvalue weighted by Gasteiger charge is 2.09. The molecule has 0 bridgehead atoms. The van der Waals surface area contributed by atoms with Crippen LogP contribution < -0.4 is 4.74 Å². The summed E-state index contributed by atoms with van der Waals surface area (Å²) in [7, 11) is 1.69. The molecule has 112 valence electrons. The molecular formula is C17H22N2O2. The summed E-state index contributed by atoms with van der Waals surface area (Å²) in [5.41, 5.74) is 2.40. The molecule has 21 heavy (non-hydrogen) atoms. The average molecular weight is 286 g/mol. The van der Waals surface area contributed by atoms with Crippen LogP contribution in [0.3, 0.4) is 0 Å². The zero-order chi connectivity index (χ0) is 14.9. The van der Waals surface area contributed by atoms with Gasteiger partial charge in [-0.25, -0.2) is 0 Å². The van der Waals surface area contributed by atoms with E-state index in [1.54, 1.807) is 7.11 Å². The maximum Gasteiger partial charge on any atom is 0.123 e. The van der Waals surface area contributed by atoms with Gasteiger partial charge in [0.05, 0.1) is 13.7 Å². The van der Waals surface area contributed by atoms with Crippen molar-refractivity contribution < 1.29 is 9.84 Å². The number of pyridine rings is 1. The first-order chi connectivity index (χ1) is 10.3. The second kappa shape index (κ2) is 8.39. The number of nitrogens with zero attached hydrogens (tertiary/aromatic N) is 2. The molecule has 0 aliphatic heterocycles. The van der Waals surface area contributed by atoms with Crippen LogP contribution in [-0.2, 0) is 13.0 Å². The predicted molar refractivity (Wildman–Crippen MR) is 83.3 cm³/mol. The topological polar surface area (TPSA) is 45.6 Å². The molecule has 0 aliphatic carbocycles. The largest absolute Gasteiger partial charge is 0.496 e. The molecule has 0 saturated carbocycles. The molecule has 1 aromatic carbocycles. The first-order valence-electron chi connectivity index (χ1n) is 7.17. The number of rotatable bonds is 8. The highest BCUT2D eigenvalue weighted by molar-refractivity contribution is 5.33. The number of hydrogen-bond acceptors (Lipinski definition) is 4. The van der Waals surface area contributed by atoms with Gasteiger partial charge in [-0.2, -0.15) is 0 Å². The Morgan fingerprint density at radius 2 is 1.86 bits per heavy atom. The van der Waals surface area contributed by atoms with Crippen LogP contribution in [0.5, 0.6) is 5.75 Å². The molecule has 0 radical (unpaired) electrons. The minimum Gasteiger partial charge on any atom is -0.496 e. The second-order valence-corrected chi connectivity index (χ2v) is 4.92. The fourth-order valence-corrected chi connectivity index (χ4v) is 2.32. The van der Waals surface area contributed by atoms with Gasteiger partial charge in [-0.15, -0.1) is 0 Å². The Balaban J connectivity index is 1.98. The summed E-state index contributed by atoms with van der Waals surface area (Å²) in [6.07, 6.45) is 4.57. The Bertz CT molecular complexity index is 531. The number of para-hydroxylation sites is 1. The van der Waals surface area contributed by atoms with E-state index in [1.807, 2.05) is 42.7 Å². The van der Waals surface area contributed by atoms with Gasteiger partial charge in [-0.3, -0.25) is 9.88 Å². The quantitative estimate of drug-likeness (QED) is 0.807. The van der Waals surface area contributed by atoms with Crippen LogP contribution in [0.1, 0.15) is 11.1 Å². The summed E-state index contributed by atoms with van der Waals surface area (Å²) >= 11 is 0. The average Bonchev–Trinajstić information content (AvgIpc) is 2.54. The van der Waals surface area contributed by atoms with E-state index < -0.39 is 0 Å². The van der Waals surface area contributed by atoms with Crippen molar-refractivity contribution in [1.29, 1.82) is 0 Å². The van der Waals surface area contributed by atoms with Crippen molar-refractivity contribution in [3.05, 3.63) is 59.9 Å². The lowest BCUT2D eigenvalue weighted by molar-refractivity contribution is 0.190. The standard InChI is InChI=1S/C17H22N2O2/c1-21-17-5-3-2-4-16(17)14-19(12-13-20)11-8-15-6-9-18-10-7-15/h2-7,9-10,20H,8,11-14H2,1H3. The molecule has 1 aromatic heterocycles. The molecule has 1 heterocycles. The molecule has 0 atom stereocenters. The van der Waals surface area contributed by atoms with Crippen molar-refractivity contribution in [1.82, 2.24) is 9.88 Å². The van der Waals surface area contributed by atoms with Gasteiger partial charge in [0.2, 0.25) is 0 Å². The van der Waals surface area contributed by atoms with Crippen molar-refractivity contribution in [2.45, 2.75) is 13.0 Å². The first-order valence-corrected chi connectivity index (χ1v) is 7.17. The Morgan fingerprint density at radius 3 is 2.57 bits per heavy atom. The van der Waals surface area contributed by atoms with Gasteiger partial charge in [-0.1, -0.05) is 18.2 Å². The van der Waals surface area contributed by atoms with Gasteiger partial charge in [0.1, 0.15) is 5.75 Å². The smallest absolute Gasteiger partial charge is 0.123 e. The number of aromatic nitrogens is 1. The van der Waals surface area contributed by atoms with Crippen LogP contribution in [0, 0.1) is 0 Å². The summed E-state index contributed by atoms with van der Waals surface area (Å²) in [5, 5.41) is 9.26. The highest BCUT2D eigenvalue weighted by Crippen LogP contribution is 2.19. The maximum absolute atomic E-state index is 9.26. The zero-order valence-electron chi connectivity index (χ0n) is 12.4. The summed E-state index contributed by atoms with van der Waals surface area (Å²) in [5.74, 6) is 0.893. The maximum atomic E-state index is 9.26. The van der Waals surface area contributed by atoms with Crippen LogP contribution in [0.25, 0.3) is 0 Å². The SMILES string of the molecule is COc1ccccc1CN(CCO)CCc1ccncc1. The van der Waals surface area contributed by atoms with Crippen LogP contribution in [-0.4, -0.2) is 41.8 Å². The molecular weight excluding hydrogens is 264 g/mol. The molecule has 4 heteroatoms. The predicted octanol–water partition coefficient (Wildman–Crippen LogP) is 2.13. The molecule has 0 aliphatic rings. The summed E-state index contributed by atoms with van der Waals surface area (Å²) in [6.45, 7) is 2.48. The van der Waals surface area contributed by atoms with E-state index in [2.05, 4.69) is 16.0 Å². The van der Waals surface area contributed by atoms with Crippen LogP contribution in [0.4, 0.5) is 0 Å². The number of ether oxygens (including phenoxy) is 1. The number of methoxy groups -OCH3 is 1. The van der Waals surface area contributed by atoms with E-state index in [-0.39, 0.29) is 6.61 Å². The third-order valence-corrected chi connectivity index (χ3v) is 3.47. The van der Waals surface area contributed by atoms with E-state index in [9.17, 15) is 5.11 Å². The third-order valence-electron chi connectivity index (χ3n) is 3.47. The molecule has 2 aromatic rings. The summed E-state index contributed by atoms with van der Waals surface area (Å²) in [6, 6.07) is 12.1. The Morgan fingerprint density at radius 1 is 1.10 bits per heavy atom. The molecule has 1 N–H and O–H groups in total. The lowest BCUT2D eigenvalue weighted by Crippen LogP contribution is -2.28. The van der Waals surface area contributed by atoms with E-state index in [1.165, 1.54) is 5.56 Å². The lowest BCUT2D eigenvalue weighted by Gasteiger charge is -2.22. The molecule has 0 spiro atoms. The van der Waals surface area contributed by atoms with E-state index in [4.69, 9.17) is 4.74 Å². The minimum atomic E-state index is 0.158. The summed E-state index contributed by atoms with van der Waals surface area (Å²) in [4.78, 5) is 6.26. The number of aliphatic hydroxyl groups is 1. The number of benzene rings is 1. The van der Waals surface area contributed by atoms with Gasteiger partial charge in [0.15, 0.2) is 0 Å². The van der Waals surface area contributed by atoms with Crippen molar-refractivity contribution in [2.24, 2.45) is 0 Å². The van der Waals surface area contributed by atoms with Gasteiger partial charge in [0.25, 0.3) is 0 Å². The highest BCUT2D eigenvalue weighted by atomic mass is 16.5. The van der Waals surface area contributed by atoms with Crippen LogP contribution >= 0.6 is 0 Å². The number of aliphatic hydroxyl groups excluding tert-OH is 1. The molecule has 0 amide bonds. The van der Waals surface area contributed by atoms with Crippen molar-refractivity contribution in [2.75, 3.05) is 26.8 Å². The van der Waals surface area contributed by atoms with Crippen molar-refractivity contribution >= 4 is 0 Å². The normalized spacial score (nSPS) is 10.8. The van der Waals surface area contributed by atoms with Crippen molar-refractivity contribution in [3.8, 4) is 5.75 Å². The van der Waals surface area contributed by atoms with E-state index >= 15 is 0 Å². The van der Waals surface area contributed by atoms with Gasteiger partial charge in [0, 0.05) is 37.6 Å². The van der Waals surface area contributed by atoms with Crippen molar-refractivity contribution in [3.63, 3.8) is 0 Å². The molecule has 0 unspecified atom stereocenters. The zero-order valence-corrected chi connectivity index (χ0v) is 12.4. The van der Waals surface area contributed by atoms with Gasteiger partial charge < -0.3 is 9.84 Å². The first kappa shape index (κ1) is 15.5. The van der Waals surface area contributed by atoms with Crippen LogP contribution in [0.15, 0.2) is 48.8 Å². The summed E-state index contributed by atoms with van der Waals surface area (Å²) < 4.78 is 5.39. The Labute approximate surface area is 126 Å². The molecule has 4 nitrogen and oxygen atoms in total.